The molecule has 24 heavy (non-hydrogen) atoms. The quantitative estimate of drug-likeness (QED) is 0.882. The van der Waals surface area contributed by atoms with Gasteiger partial charge in [-0.25, -0.2) is 0 Å². The third kappa shape index (κ3) is 2.52. The van der Waals surface area contributed by atoms with E-state index in [4.69, 9.17) is 0 Å². The third-order valence-electron chi connectivity index (χ3n) is 4.43. The number of halogens is 3. The number of hydrogen-bond acceptors (Lipinski definition) is 2. The minimum absolute atomic E-state index is 0.0814. The van der Waals surface area contributed by atoms with Crippen molar-refractivity contribution in [2.24, 2.45) is 0 Å². The van der Waals surface area contributed by atoms with E-state index < -0.39 is 17.9 Å². The molecule has 1 aliphatic carbocycles. The first kappa shape index (κ1) is 15.1. The Balaban J connectivity index is 1.78. The van der Waals surface area contributed by atoms with E-state index in [2.05, 4.69) is 5.32 Å². The molecule has 0 radical (unpaired) electrons. The van der Waals surface area contributed by atoms with Crippen molar-refractivity contribution in [3.8, 4) is 0 Å². The second kappa shape index (κ2) is 5.26. The first-order valence-electron chi connectivity index (χ1n) is 7.80. The number of nitrogens with zero attached hydrogens (tertiary/aromatic N) is 1. The van der Waals surface area contributed by atoms with Gasteiger partial charge in [0.2, 0.25) is 0 Å². The highest BCUT2D eigenvalue weighted by Gasteiger charge is 2.42. The lowest BCUT2D eigenvalue weighted by Gasteiger charge is -2.38. The molecule has 2 aromatic rings. The molecule has 4 rings (SSSR count). The van der Waals surface area contributed by atoms with E-state index in [1.165, 1.54) is 6.07 Å². The Labute approximate surface area is 137 Å². The number of alkyl halides is 3. The lowest BCUT2D eigenvalue weighted by atomic mass is 10.0. The molecule has 124 valence electrons. The van der Waals surface area contributed by atoms with Crippen molar-refractivity contribution in [3.63, 3.8) is 0 Å². The van der Waals surface area contributed by atoms with Crippen LogP contribution >= 0.6 is 0 Å². The van der Waals surface area contributed by atoms with Gasteiger partial charge in [0.15, 0.2) is 0 Å². The summed E-state index contributed by atoms with van der Waals surface area (Å²) in [4.78, 5) is 14.5. The Morgan fingerprint density at radius 2 is 1.79 bits per heavy atom. The van der Waals surface area contributed by atoms with Gasteiger partial charge < -0.3 is 10.2 Å². The molecule has 2 aromatic carbocycles. The van der Waals surface area contributed by atoms with Crippen LogP contribution < -0.4 is 5.32 Å². The summed E-state index contributed by atoms with van der Waals surface area (Å²) >= 11 is 0. The highest BCUT2D eigenvalue weighted by Crippen LogP contribution is 2.41. The molecule has 1 aliphatic heterocycles. The first-order chi connectivity index (χ1) is 11.4. The van der Waals surface area contributed by atoms with Crippen LogP contribution in [0.25, 0.3) is 0 Å². The van der Waals surface area contributed by atoms with Crippen LogP contribution in [-0.2, 0) is 6.18 Å². The van der Waals surface area contributed by atoms with Crippen LogP contribution in [0.3, 0.4) is 0 Å². The largest absolute Gasteiger partial charge is 0.416 e. The molecule has 1 N–H and O–H groups in total. The number of hydrogen-bond donors (Lipinski definition) is 1. The number of anilines is 1. The summed E-state index contributed by atoms with van der Waals surface area (Å²) in [6.45, 7) is 0. The van der Waals surface area contributed by atoms with Gasteiger partial charge in [0.1, 0.15) is 6.17 Å². The third-order valence-corrected chi connectivity index (χ3v) is 4.43. The Hall–Kier alpha value is -2.50. The number of carbonyl (C=O) groups excluding carboxylic acids is 1. The van der Waals surface area contributed by atoms with Crippen molar-refractivity contribution >= 4 is 11.6 Å². The predicted octanol–water partition coefficient (Wildman–Crippen LogP) is 4.43. The van der Waals surface area contributed by atoms with Gasteiger partial charge in [-0.1, -0.05) is 24.3 Å². The van der Waals surface area contributed by atoms with E-state index in [1.807, 2.05) is 0 Å². The summed E-state index contributed by atoms with van der Waals surface area (Å²) < 4.78 is 39.1. The Morgan fingerprint density at radius 1 is 1.04 bits per heavy atom. The fourth-order valence-electron chi connectivity index (χ4n) is 3.13. The summed E-state index contributed by atoms with van der Waals surface area (Å²) in [6.07, 6.45) is -3.23. The van der Waals surface area contributed by atoms with Gasteiger partial charge in [-0.2, -0.15) is 13.2 Å². The Kier molecular flexibility index (Phi) is 3.30. The Morgan fingerprint density at radius 3 is 2.50 bits per heavy atom. The zero-order valence-electron chi connectivity index (χ0n) is 12.7. The minimum atomic E-state index is -4.41. The van der Waals surface area contributed by atoms with Crippen molar-refractivity contribution < 1.29 is 18.0 Å². The topological polar surface area (TPSA) is 32.3 Å². The second-order valence-corrected chi connectivity index (χ2v) is 6.16. The second-order valence-electron chi connectivity index (χ2n) is 6.16. The van der Waals surface area contributed by atoms with Gasteiger partial charge in [-0.3, -0.25) is 4.79 Å². The molecular formula is C18H15F3N2O. The number of rotatable bonds is 2. The minimum Gasteiger partial charge on any atom is -0.361 e. The molecule has 0 bridgehead atoms. The molecule has 0 aromatic heterocycles. The van der Waals surface area contributed by atoms with Crippen molar-refractivity contribution in [1.29, 1.82) is 0 Å². The average Bonchev–Trinajstić information content (AvgIpc) is 3.39. The summed E-state index contributed by atoms with van der Waals surface area (Å²) in [5.74, 6) is -0.130. The molecule has 1 atom stereocenters. The molecule has 3 nitrogen and oxygen atoms in total. The van der Waals surface area contributed by atoms with Gasteiger partial charge in [-0.05, 0) is 42.7 Å². The maximum absolute atomic E-state index is 13.0. The van der Waals surface area contributed by atoms with Crippen LogP contribution in [0.2, 0.25) is 0 Å². The molecule has 1 saturated carbocycles. The van der Waals surface area contributed by atoms with E-state index in [0.29, 0.717) is 16.8 Å². The van der Waals surface area contributed by atoms with Crippen LogP contribution in [0.15, 0.2) is 48.5 Å². The molecule has 6 heteroatoms. The molecule has 0 spiro atoms. The van der Waals surface area contributed by atoms with Crippen LogP contribution in [0.4, 0.5) is 18.9 Å². The van der Waals surface area contributed by atoms with Gasteiger partial charge in [0, 0.05) is 11.7 Å². The molecular weight excluding hydrogens is 317 g/mol. The fraction of sp³-hybridized carbons (Fsp3) is 0.278. The maximum atomic E-state index is 13.0. The zero-order valence-corrected chi connectivity index (χ0v) is 12.7. The van der Waals surface area contributed by atoms with E-state index in [1.54, 1.807) is 35.2 Å². The molecule has 0 saturated heterocycles. The molecule has 1 fully saturated rings. The lowest BCUT2D eigenvalue weighted by Crippen LogP contribution is -2.44. The van der Waals surface area contributed by atoms with E-state index in [-0.39, 0.29) is 11.9 Å². The van der Waals surface area contributed by atoms with E-state index in [9.17, 15) is 18.0 Å². The van der Waals surface area contributed by atoms with Gasteiger partial charge in [0.05, 0.1) is 11.1 Å². The fourth-order valence-corrected chi connectivity index (χ4v) is 3.13. The number of fused-ring (bicyclic) bond motifs is 1. The number of nitrogens with one attached hydrogen (secondary N) is 1. The van der Waals surface area contributed by atoms with Crippen molar-refractivity contribution in [2.75, 3.05) is 5.32 Å². The van der Waals surface area contributed by atoms with Gasteiger partial charge in [-0.15, -0.1) is 0 Å². The normalized spacial score (nSPS) is 20.5. The average molecular weight is 332 g/mol. The van der Waals surface area contributed by atoms with Gasteiger partial charge in [0.25, 0.3) is 5.91 Å². The molecule has 1 amide bonds. The van der Waals surface area contributed by atoms with Crippen molar-refractivity contribution in [3.05, 3.63) is 65.2 Å². The number of amides is 1. The SMILES string of the molecule is O=C1c2ccccc2NC(c2cccc(C(F)(F)F)c2)N1C1CC1. The summed E-state index contributed by atoms with van der Waals surface area (Å²) in [5, 5.41) is 3.23. The Bertz CT molecular complexity index is 799. The highest BCUT2D eigenvalue weighted by molar-refractivity contribution is 6.02. The van der Waals surface area contributed by atoms with Crippen molar-refractivity contribution in [2.45, 2.75) is 31.2 Å². The number of carbonyl (C=O) groups is 1. The number of para-hydroxylation sites is 1. The molecule has 1 unspecified atom stereocenters. The van der Waals surface area contributed by atoms with E-state index >= 15 is 0 Å². The molecule has 1 heterocycles. The predicted molar refractivity (Wildman–Crippen MR) is 83.4 cm³/mol. The molecule has 2 aliphatic rings. The van der Waals surface area contributed by atoms with Crippen molar-refractivity contribution in [1.82, 2.24) is 4.90 Å². The first-order valence-corrected chi connectivity index (χ1v) is 7.80. The smallest absolute Gasteiger partial charge is 0.361 e. The summed E-state index contributed by atoms with van der Waals surface area (Å²) in [6, 6.07) is 12.4. The number of benzene rings is 2. The highest BCUT2D eigenvalue weighted by atomic mass is 19.4. The summed E-state index contributed by atoms with van der Waals surface area (Å²) in [7, 11) is 0. The standard InChI is InChI=1S/C18H15F3N2O/c19-18(20,21)12-5-3-4-11(10-12)16-22-15-7-2-1-6-14(15)17(24)23(16)13-8-9-13/h1-7,10,13,16,22H,8-9H2. The zero-order chi connectivity index (χ0) is 16.9. The van der Waals surface area contributed by atoms with Crippen LogP contribution in [0.1, 0.15) is 40.5 Å². The lowest BCUT2D eigenvalue weighted by molar-refractivity contribution is -0.137. The van der Waals surface area contributed by atoms with Crippen LogP contribution in [-0.4, -0.2) is 16.8 Å². The van der Waals surface area contributed by atoms with Gasteiger partial charge >= 0.3 is 6.18 Å². The monoisotopic (exact) mass is 332 g/mol. The van der Waals surface area contributed by atoms with Crippen LogP contribution in [0.5, 0.6) is 0 Å². The maximum Gasteiger partial charge on any atom is 0.416 e. The van der Waals surface area contributed by atoms with E-state index in [0.717, 1.165) is 25.0 Å². The van der Waals surface area contributed by atoms with Crippen LogP contribution in [0, 0.1) is 0 Å². The summed E-state index contributed by atoms with van der Waals surface area (Å²) in [5.41, 5.74) is 0.956.